The van der Waals surface area contributed by atoms with Crippen LogP contribution in [0.4, 0.5) is 5.82 Å². The first-order chi connectivity index (χ1) is 18.4. The van der Waals surface area contributed by atoms with Gasteiger partial charge in [-0.3, -0.25) is 9.36 Å². The molecule has 0 unspecified atom stereocenters. The molecule has 2 aromatic heterocycles. The molecule has 0 bridgehead atoms. The SMILES string of the molecule is Cc1cc2c(C(N)=O)cccc2n1-c1nc(NCc2cccc(B(O)O)c2)c2cccc(OCCN)c2n1. The Labute approximate surface area is 219 Å². The molecule has 192 valence electrons. The van der Waals surface area contributed by atoms with Gasteiger partial charge in [-0.05, 0) is 48.3 Å². The van der Waals surface area contributed by atoms with Gasteiger partial charge in [-0.15, -0.1) is 0 Å². The first-order valence-corrected chi connectivity index (χ1v) is 12.1. The quantitative estimate of drug-likeness (QED) is 0.187. The maximum atomic E-state index is 12.0. The van der Waals surface area contributed by atoms with Crippen LogP contribution in [0.15, 0.2) is 66.7 Å². The Hall–Kier alpha value is -4.45. The van der Waals surface area contributed by atoms with Crippen LogP contribution < -0.4 is 27.0 Å². The van der Waals surface area contributed by atoms with E-state index in [2.05, 4.69) is 5.32 Å². The van der Waals surface area contributed by atoms with Gasteiger partial charge in [0.05, 0.1) is 5.52 Å². The summed E-state index contributed by atoms with van der Waals surface area (Å²) in [5.41, 5.74) is 15.1. The summed E-state index contributed by atoms with van der Waals surface area (Å²) in [6.45, 7) is 2.96. The van der Waals surface area contributed by atoms with E-state index in [1.807, 2.05) is 47.9 Å². The number of carbonyl (C=O) groups excluding carboxylic acids is 1. The van der Waals surface area contributed by atoms with Crippen molar-refractivity contribution in [3.63, 3.8) is 0 Å². The molecule has 38 heavy (non-hydrogen) atoms. The van der Waals surface area contributed by atoms with Gasteiger partial charge < -0.3 is 31.6 Å². The van der Waals surface area contributed by atoms with Crippen molar-refractivity contribution in [2.24, 2.45) is 11.5 Å². The minimum atomic E-state index is -1.56. The van der Waals surface area contributed by atoms with Gasteiger partial charge in [0, 0.05) is 35.1 Å². The average molecular weight is 510 g/mol. The fourth-order valence-corrected chi connectivity index (χ4v) is 4.53. The van der Waals surface area contributed by atoms with E-state index in [0.29, 0.717) is 59.1 Å². The van der Waals surface area contributed by atoms with E-state index < -0.39 is 13.0 Å². The number of rotatable bonds is 9. The zero-order valence-corrected chi connectivity index (χ0v) is 20.8. The van der Waals surface area contributed by atoms with Gasteiger partial charge in [0.1, 0.15) is 23.7 Å². The van der Waals surface area contributed by atoms with Crippen molar-refractivity contribution in [3.8, 4) is 11.7 Å². The normalized spacial score (nSPS) is 11.2. The van der Waals surface area contributed by atoms with Crippen LogP contribution in [0.1, 0.15) is 21.6 Å². The molecular weight excluding hydrogens is 483 g/mol. The van der Waals surface area contributed by atoms with Crippen LogP contribution in [0.5, 0.6) is 5.75 Å². The predicted molar refractivity (Wildman–Crippen MR) is 148 cm³/mol. The summed E-state index contributed by atoms with van der Waals surface area (Å²) in [6.07, 6.45) is 0. The lowest BCUT2D eigenvalue weighted by molar-refractivity contribution is 0.100. The average Bonchev–Trinajstić information content (AvgIpc) is 3.26. The molecule has 0 aliphatic rings. The Bertz CT molecular complexity index is 1650. The Morgan fingerprint density at radius 1 is 1.05 bits per heavy atom. The van der Waals surface area contributed by atoms with Crippen molar-refractivity contribution in [2.75, 3.05) is 18.5 Å². The molecule has 11 heteroatoms. The van der Waals surface area contributed by atoms with Crippen LogP contribution in [0.2, 0.25) is 0 Å². The summed E-state index contributed by atoms with van der Waals surface area (Å²) in [5.74, 6) is 1.00. The molecule has 0 saturated carbocycles. The molecule has 0 radical (unpaired) electrons. The van der Waals surface area contributed by atoms with Gasteiger partial charge in [0.25, 0.3) is 0 Å². The Kier molecular flexibility index (Phi) is 6.97. The largest absolute Gasteiger partial charge is 0.490 e. The Balaban J connectivity index is 1.66. The highest BCUT2D eigenvalue weighted by atomic mass is 16.5. The highest BCUT2D eigenvalue weighted by Crippen LogP contribution is 2.32. The zero-order valence-electron chi connectivity index (χ0n) is 20.8. The molecule has 10 nitrogen and oxygen atoms in total. The number of nitrogens with one attached hydrogen (secondary N) is 1. The van der Waals surface area contributed by atoms with E-state index in [4.69, 9.17) is 26.2 Å². The molecule has 5 rings (SSSR count). The topological polar surface area (TPSA) is 162 Å². The highest BCUT2D eigenvalue weighted by molar-refractivity contribution is 6.58. The molecule has 0 spiro atoms. The number of primary amides is 1. The van der Waals surface area contributed by atoms with Crippen molar-refractivity contribution in [1.29, 1.82) is 0 Å². The maximum Gasteiger partial charge on any atom is 0.488 e. The number of nitrogens with zero attached hydrogens (tertiary/aromatic N) is 3. The van der Waals surface area contributed by atoms with Crippen LogP contribution in [-0.4, -0.2) is 50.8 Å². The number of anilines is 1. The number of nitrogens with two attached hydrogens (primary N) is 2. The van der Waals surface area contributed by atoms with Crippen molar-refractivity contribution in [3.05, 3.63) is 83.6 Å². The summed E-state index contributed by atoms with van der Waals surface area (Å²) in [6, 6.07) is 19.8. The molecule has 5 aromatic rings. The van der Waals surface area contributed by atoms with Gasteiger partial charge in [-0.25, -0.2) is 4.98 Å². The number of para-hydroxylation sites is 1. The Morgan fingerprint density at radius 3 is 2.61 bits per heavy atom. The number of hydrogen-bond acceptors (Lipinski definition) is 8. The fourth-order valence-electron chi connectivity index (χ4n) is 4.53. The van der Waals surface area contributed by atoms with E-state index in [-0.39, 0.29) is 0 Å². The maximum absolute atomic E-state index is 12.0. The van der Waals surface area contributed by atoms with Gasteiger partial charge in [-0.1, -0.05) is 36.4 Å². The molecule has 7 N–H and O–H groups in total. The lowest BCUT2D eigenvalue weighted by Crippen LogP contribution is -2.30. The smallest absolute Gasteiger partial charge is 0.488 e. The molecular formula is C27H27BN6O4. The van der Waals surface area contributed by atoms with Gasteiger partial charge in [0.2, 0.25) is 11.9 Å². The lowest BCUT2D eigenvalue weighted by atomic mass is 9.80. The van der Waals surface area contributed by atoms with Gasteiger partial charge >= 0.3 is 7.12 Å². The monoisotopic (exact) mass is 510 g/mol. The third kappa shape index (κ3) is 4.77. The van der Waals surface area contributed by atoms with E-state index in [1.165, 1.54) is 0 Å². The minimum absolute atomic E-state index is 0.324. The third-order valence-electron chi connectivity index (χ3n) is 6.26. The fraction of sp³-hybridized carbons (Fsp3) is 0.148. The van der Waals surface area contributed by atoms with Crippen LogP contribution in [-0.2, 0) is 6.54 Å². The van der Waals surface area contributed by atoms with Crippen molar-refractivity contribution in [2.45, 2.75) is 13.5 Å². The third-order valence-corrected chi connectivity index (χ3v) is 6.26. The molecule has 2 heterocycles. The summed E-state index contributed by atoms with van der Waals surface area (Å²) < 4.78 is 7.77. The number of aryl methyl sites for hydroxylation is 1. The number of hydrogen-bond donors (Lipinski definition) is 5. The van der Waals surface area contributed by atoms with Crippen molar-refractivity contribution in [1.82, 2.24) is 14.5 Å². The van der Waals surface area contributed by atoms with Crippen LogP contribution in [0, 0.1) is 6.92 Å². The van der Waals surface area contributed by atoms with Crippen molar-refractivity contribution >= 4 is 46.1 Å². The van der Waals surface area contributed by atoms with Crippen LogP contribution in [0.3, 0.4) is 0 Å². The number of carbonyl (C=O) groups is 1. The number of aromatic nitrogens is 3. The number of amides is 1. The molecule has 1 amide bonds. The molecule has 0 fully saturated rings. The molecule has 0 aliphatic heterocycles. The standard InChI is InChI=1S/C27H27BN6O4/c1-16-13-21-19(25(30)35)7-3-9-22(21)34(16)27-32-24-20(8-4-10-23(24)38-12-11-29)26(33-27)31-15-17-5-2-6-18(14-17)28(36)37/h2-10,13-14,36-37H,11-12,15,29H2,1H3,(H2,30,35)(H,31,32,33). The zero-order chi connectivity index (χ0) is 26.8. The first kappa shape index (κ1) is 25.2. The summed E-state index contributed by atoms with van der Waals surface area (Å²) >= 11 is 0. The highest BCUT2D eigenvalue weighted by Gasteiger charge is 2.19. The molecule has 0 atom stereocenters. The van der Waals surface area contributed by atoms with Crippen LogP contribution >= 0.6 is 0 Å². The van der Waals surface area contributed by atoms with E-state index in [1.54, 1.807) is 30.3 Å². The summed E-state index contributed by atoms with van der Waals surface area (Å²) in [5, 5.41) is 23.9. The summed E-state index contributed by atoms with van der Waals surface area (Å²) in [4.78, 5) is 21.8. The second kappa shape index (κ2) is 10.5. The molecule has 3 aromatic carbocycles. The van der Waals surface area contributed by atoms with E-state index in [9.17, 15) is 14.8 Å². The predicted octanol–water partition coefficient (Wildman–Crippen LogP) is 1.61. The second-order valence-corrected chi connectivity index (χ2v) is 8.86. The molecule has 0 aliphatic carbocycles. The van der Waals surface area contributed by atoms with Crippen LogP contribution in [0.25, 0.3) is 27.8 Å². The second-order valence-electron chi connectivity index (χ2n) is 8.86. The molecule has 0 saturated heterocycles. The number of fused-ring (bicyclic) bond motifs is 2. The van der Waals surface area contributed by atoms with Gasteiger partial charge in [-0.2, -0.15) is 4.98 Å². The summed E-state index contributed by atoms with van der Waals surface area (Å²) in [7, 11) is -1.56. The van der Waals surface area contributed by atoms with Crippen molar-refractivity contribution < 1.29 is 19.6 Å². The first-order valence-electron chi connectivity index (χ1n) is 12.1. The van der Waals surface area contributed by atoms with E-state index >= 15 is 0 Å². The minimum Gasteiger partial charge on any atom is -0.490 e. The Morgan fingerprint density at radius 2 is 1.84 bits per heavy atom. The number of ether oxygens (including phenoxy) is 1. The van der Waals surface area contributed by atoms with E-state index in [0.717, 1.165) is 22.2 Å². The number of benzene rings is 3. The van der Waals surface area contributed by atoms with Gasteiger partial charge in [0.15, 0.2) is 0 Å². The lowest BCUT2D eigenvalue weighted by Gasteiger charge is -2.15.